The number of carbonyl (C=O) groups excluding carboxylic acids is 1. The molecule has 2 heterocycles. The molecule has 0 aromatic heterocycles. The summed E-state index contributed by atoms with van der Waals surface area (Å²) in [6.45, 7) is 2.47. The first-order valence-electron chi connectivity index (χ1n) is 12.7. The maximum absolute atomic E-state index is 13.2. The normalized spacial score (nSPS) is 19.6. The zero-order valence-electron chi connectivity index (χ0n) is 21.6. The molecule has 5 nitrogen and oxygen atoms in total. The lowest BCUT2D eigenvalue weighted by Gasteiger charge is -2.39. The fourth-order valence-electron chi connectivity index (χ4n) is 5.87. The van der Waals surface area contributed by atoms with Crippen molar-refractivity contribution in [1.29, 1.82) is 0 Å². The van der Waals surface area contributed by atoms with Crippen molar-refractivity contribution in [3.05, 3.63) is 99.0 Å². The van der Waals surface area contributed by atoms with Crippen molar-refractivity contribution in [3.8, 4) is 5.75 Å². The molecule has 2 atom stereocenters. The number of amides is 1. The van der Waals surface area contributed by atoms with E-state index in [1.807, 2.05) is 78.7 Å². The van der Waals surface area contributed by atoms with Gasteiger partial charge < -0.3 is 19.6 Å². The molecule has 2 aliphatic rings. The summed E-state index contributed by atoms with van der Waals surface area (Å²) in [5.74, 6) is 0.689. The molecule has 2 aliphatic heterocycles. The number of fused-ring (bicyclic) bond motifs is 1. The molecular weight excluding hydrogens is 543 g/mol. The lowest BCUT2D eigenvalue weighted by molar-refractivity contribution is -0.0266. The van der Waals surface area contributed by atoms with Crippen LogP contribution in [-0.2, 0) is 5.60 Å². The minimum Gasteiger partial charge on any atom is -0.497 e. The molecule has 0 spiro atoms. The van der Waals surface area contributed by atoms with Crippen molar-refractivity contribution in [1.82, 2.24) is 9.80 Å². The van der Waals surface area contributed by atoms with E-state index in [-0.39, 0.29) is 30.3 Å². The summed E-state index contributed by atoms with van der Waals surface area (Å²) in [5.41, 5.74) is 2.95. The zero-order chi connectivity index (χ0) is 26.2. The molecule has 8 heteroatoms. The number of piperidine rings is 1. The maximum Gasteiger partial charge on any atom is 0.254 e. The van der Waals surface area contributed by atoms with E-state index in [1.54, 1.807) is 7.11 Å². The number of likely N-dealkylation sites (N-methyl/N-ethyl adjacent to an activating group) is 1. The van der Waals surface area contributed by atoms with Gasteiger partial charge in [0, 0.05) is 31.6 Å². The van der Waals surface area contributed by atoms with E-state index in [0.717, 1.165) is 42.7 Å². The van der Waals surface area contributed by atoms with Crippen LogP contribution in [0.2, 0.25) is 10.0 Å². The topological polar surface area (TPSA) is 53.0 Å². The van der Waals surface area contributed by atoms with Crippen LogP contribution < -0.4 is 4.74 Å². The molecule has 0 radical (unpaired) electrons. The highest BCUT2D eigenvalue weighted by molar-refractivity contribution is 6.42. The Morgan fingerprint density at radius 1 is 1.03 bits per heavy atom. The van der Waals surface area contributed by atoms with Crippen LogP contribution in [0.5, 0.6) is 5.75 Å². The van der Waals surface area contributed by atoms with Crippen molar-refractivity contribution in [2.24, 2.45) is 0 Å². The highest BCUT2D eigenvalue weighted by atomic mass is 35.5. The third-order valence-electron chi connectivity index (χ3n) is 8.05. The first kappa shape index (κ1) is 28.7. The fraction of sp³-hybridized carbons (Fsp3) is 0.367. The van der Waals surface area contributed by atoms with Crippen molar-refractivity contribution in [2.45, 2.75) is 36.8 Å². The van der Waals surface area contributed by atoms with Gasteiger partial charge in [-0.3, -0.25) is 4.79 Å². The molecular formula is C30H33Cl3N2O3. The molecule has 3 aromatic rings. The van der Waals surface area contributed by atoms with Gasteiger partial charge in [-0.15, -0.1) is 12.4 Å². The van der Waals surface area contributed by atoms with Gasteiger partial charge in [0.15, 0.2) is 0 Å². The fourth-order valence-corrected chi connectivity index (χ4v) is 6.18. The number of hydrogen-bond donors (Lipinski definition) is 1. The molecule has 202 valence electrons. The number of benzene rings is 3. The standard InChI is InChI=1S/C30H32Cl2N2O3.ClH/c1-33-28(24-10-9-22(37-2)19-25(24)29(33)35)23(20-8-11-26(31)27(32)18-20)12-15-34-16-13-30(36,14-17-34)21-6-4-3-5-7-21;/h3-11,18-19,23,28,36H,12-17H2,1-2H3;1H. The third-order valence-corrected chi connectivity index (χ3v) is 8.79. The van der Waals surface area contributed by atoms with Gasteiger partial charge in [-0.05, 0) is 66.8 Å². The molecule has 5 rings (SSSR count). The number of rotatable bonds is 7. The average Bonchev–Trinajstić information content (AvgIpc) is 3.17. The van der Waals surface area contributed by atoms with Crippen LogP contribution in [-0.4, -0.2) is 54.6 Å². The lowest BCUT2D eigenvalue weighted by Crippen LogP contribution is -2.43. The largest absolute Gasteiger partial charge is 0.497 e. The van der Waals surface area contributed by atoms with Crippen molar-refractivity contribution >= 4 is 41.5 Å². The molecule has 1 saturated heterocycles. The minimum atomic E-state index is -0.781. The second kappa shape index (κ2) is 11.8. The van der Waals surface area contributed by atoms with E-state index < -0.39 is 5.60 Å². The first-order valence-corrected chi connectivity index (χ1v) is 13.5. The predicted octanol–water partition coefficient (Wildman–Crippen LogP) is 6.71. The van der Waals surface area contributed by atoms with Crippen LogP contribution >= 0.6 is 35.6 Å². The second-order valence-corrected chi connectivity index (χ2v) is 10.9. The van der Waals surface area contributed by atoms with E-state index >= 15 is 0 Å². The Bertz CT molecular complexity index is 1280. The number of nitrogens with zero attached hydrogens (tertiary/aromatic N) is 2. The summed E-state index contributed by atoms with van der Waals surface area (Å²) >= 11 is 12.7. The quantitative estimate of drug-likeness (QED) is 0.340. The summed E-state index contributed by atoms with van der Waals surface area (Å²) < 4.78 is 5.38. The van der Waals surface area contributed by atoms with E-state index in [1.165, 1.54) is 0 Å². The molecule has 1 N–H and O–H groups in total. The Labute approximate surface area is 240 Å². The van der Waals surface area contributed by atoms with Crippen LogP contribution in [0.1, 0.15) is 58.3 Å². The number of halogens is 3. The summed E-state index contributed by atoms with van der Waals surface area (Å²) in [4.78, 5) is 17.5. The second-order valence-electron chi connectivity index (χ2n) is 10.1. The predicted molar refractivity (Wildman–Crippen MR) is 155 cm³/mol. The Balaban J connectivity index is 0.00000336. The Kier molecular flexibility index (Phi) is 8.96. The van der Waals surface area contributed by atoms with Gasteiger partial charge in [0.2, 0.25) is 0 Å². The molecule has 1 fully saturated rings. The summed E-state index contributed by atoms with van der Waals surface area (Å²) in [7, 11) is 3.48. The van der Waals surface area contributed by atoms with Crippen LogP contribution in [0, 0.1) is 0 Å². The van der Waals surface area contributed by atoms with Gasteiger partial charge in [-0.25, -0.2) is 0 Å². The minimum absolute atomic E-state index is 0. The average molecular weight is 576 g/mol. The van der Waals surface area contributed by atoms with Crippen molar-refractivity contribution in [3.63, 3.8) is 0 Å². The molecule has 0 aliphatic carbocycles. The highest BCUT2D eigenvalue weighted by Crippen LogP contribution is 2.46. The molecule has 2 unspecified atom stereocenters. The molecule has 0 saturated carbocycles. The Hall–Kier alpha value is -2.28. The SMILES string of the molecule is COc1ccc2c(c1)C(=O)N(C)C2C(CCN1CCC(O)(c2ccccc2)CC1)c1ccc(Cl)c(Cl)c1.Cl. The molecule has 38 heavy (non-hydrogen) atoms. The zero-order valence-corrected chi connectivity index (χ0v) is 23.9. The summed E-state index contributed by atoms with van der Waals surface area (Å²) in [6, 6.07) is 21.4. The number of hydrogen-bond acceptors (Lipinski definition) is 4. The van der Waals surface area contributed by atoms with E-state index in [0.29, 0.717) is 34.2 Å². The van der Waals surface area contributed by atoms with Gasteiger partial charge in [0.1, 0.15) is 5.75 Å². The molecule has 3 aromatic carbocycles. The molecule has 0 bridgehead atoms. The number of likely N-dealkylation sites (tertiary alicyclic amines) is 1. The number of aliphatic hydroxyl groups is 1. The van der Waals surface area contributed by atoms with Gasteiger partial charge in [-0.1, -0.05) is 65.7 Å². The summed E-state index contributed by atoms with van der Waals surface area (Å²) in [5, 5.41) is 12.3. The van der Waals surface area contributed by atoms with Gasteiger partial charge in [0.25, 0.3) is 5.91 Å². The van der Waals surface area contributed by atoms with Crippen LogP contribution in [0.25, 0.3) is 0 Å². The number of ether oxygens (including phenoxy) is 1. The Morgan fingerprint density at radius 2 is 1.74 bits per heavy atom. The van der Waals surface area contributed by atoms with Gasteiger partial charge in [0.05, 0.1) is 28.8 Å². The summed E-state index contributed by atoms with van der Waals surface area (Å²) in [6.07, 6.45) is 2.22. The van der Waals surface area contributed by atoms with Crippen LogP contribution in [0.4, 0.5) is 0 Å². The van der Waals surface area contributed by atoms with E-state index in [4.69, 9.17) is 27.9 Å². The molecule has 1 amide bonds. The third kappa shape index (κ3) is 5.54. The van der Waals surface area contributed by atoms with Gasteiger partial charge in [-0.2, -0.15) is 0 Å². The van der Waals surface area contributed by atoms with Crippen LogP contribution in [0.15, 0.2) is 66.7 Å². The monoisotopic (exact) mass is 574 g/mol. The van der Waals surface area contributed by atoms with E-state index in [2.05, 4.69) is 4.90 Å². The van der Waals surface area contributed by atoms with E-state index in [9.17, 15) is 9.90 Å². The highest BCUT2D eigenvalue weighted by Gasteiger charge is 2.41. The number of methoxy groups -OCH3 is 1. The number of carbonyl (C=O) groups is 1. The van der Waals surface area contributed by atoms with Gasteiger partial charge >= 0.3 is 0 Å². The Morgan fingerprint density at radius 3 is 2.39 bits per heavy atom. The van der Waals surface area contributed by atoms with Crippen LogP contribution in [0.3, 0.4) is 0 Å². The van der Waals surface area contributed by atoms with Crippen molar-refractivity contribution in [2.75, 3.05) is 33.8 Å². The smallest absolute Gasteiger partial charge is 0.254 e. The lowest BCUT2D eigenvalue weighted by atomic mass is 9.83. The first-order chi connectivity index (χ1) is 17.8. The van der Waals surface area contributed by atoms with Crippen molar-refractivity contribution < 1.29 is 14.6 Å². The maximum atomic E-state index is 13.2.